The van der Waals surface area contributed by atoms with Gasteiger partial charge in [-0.3, -0.25) is 9.69 Å². The molecule has 0 bridgehead atoms. The van der Waals surface area contributed by atoms with Crippen LogP contribution in [0.3, 0.4) is 0 Å². The number of carbonyl (C=O) groups excluding carboxylic acids is 1. The van der Waals surface area contributed by atoms with Gasteiger partial charge in [0.05, 0.1) is 17.8 Å². The fourth-order valence-electron chi connectivity index (χ4n) is 3.00. The third-order valence-corrected chi connectivity index (χ3v) is 5.40. The van der Waals surface area contributed by atoms with E-state index in [0.717, 1.165) is 62.6 Å². The summed E-state index contributed by atoms with van der Waals surface area (Å²) in [5, 5.41) is 3.39. The molecule has 2 heterocycles. The number of hydrogen-bond acceptors (Lipinski definition) is 5. The first-order chi connectivity index (χ1) is 12.2. The quantitative estimate of drug-likeness (QED) is 0.795. The molecule has 1 amide bonds. The minimum atomic E-state index is 0.0983. The molecule has 1 aromatic carbocycles. The van der Waals surface area contributed by atoms with Crippen LogP contribution in [0.4, 0.5) is 0 Å². The highest BCUT2D eigenvalue weighted by Crippen LogP contribution is 2.17. The standard InChI is InChI=1S/C19H25N3O2S/c1-3-4-18-20-16(14-25-18)13-21-9-11-22(12-10-21)19(23)15-5-7-17(24-2)8-6-15/h5-8,14H,3-4,9-13H2,1-2H3. The lowest BCUT2D eigenvalue weighted by molar-refractivity contribution is 0.0627. The summed E-state index contributed by atoms with van der Waals surface area (Å²) in [4.78, 5) is 21.6. The summed E-state index contributed by atoms with van der Waals surface area (Å²) in [6.07, 6.45) is 2.20. The number of aryl methyl sites for hydroxylation is 1. The van der Waals surface area contributed by atoms with Crippen LogP contribution < -0.4 is 4.74 Å². The first-order valence-corrected chi connectivity index (χ1v) is 9.66. The van der Waals surface area contributed by atoms with Crippen molar-refractivity contribution in [1.29, 1.82) is 0 Å². The van der Waals surface area contributed by atoms with Gasteiger partial charge >= 0.3 is 0 Å². The summed E-state index contributed by atoms with van der Waals surface area (Å²) in [6.45, 7) is 6.36. The zero-order chi connectivity index (χ0) is 17.6. The normalized spacial score (nSPS) is 15.4. The van der Waals surface area contributed by atoms with Gasteiger partial charge in [-0.1, -0.05) is 6.92 Å². The van der Waals surface area contributed by atoms with E-state index in [1.54, 1.807) is 18.4 Å². The first kappa shape index (κ1) is 17.9. The fraction of sp³-hybridized carbons (Fsp3) is 0.474. The summed E-state index contributed by atoms with van der Waals surface area (Å²) in [5.74, 6) is 0.869. The number of benzene rings is 1. The van der Waals surface area contributed by atoms with E-state index >= 15 is 0 Å². The van der Waals surface area contributed by atoms with Crippen molar-refractivity contribution < 1.29 is 9.53 Å². The van der Waals surface area contributed by atoms with Crippen LogP contribution in [0.25, 0.3) is 0 Å². The average molecular weight is 359 g/mol. The Bertz CT molecular complexity index is 691. The molecule has 0 atom stereocenters. The van der Waals surface area contributed by atoms with Crippen LogP contribution in [0.2, 0.25) is 0 Å². The molecule has 1 aliphatic rings. The van der Waals surface area contributed by atoms with Gasteiger partial charge in [0.15, 0.2) is 0 Å². The fourth-order valence-corrected chi connectivity index (χ4v) is 3.90. The third-order valence-electron chi connectivity index (χ3n) is 4.45. The smallest absolute Gasteiger partial charge is 0.253 e. The van der Waals surface area contributed by atoms with Crippen molar-refractivity contribution in [1.82, 2.24) is 14.8 Å². The molecule has 1 fully saturated rings. The SMILES string of the molecule is CCCc1nc(CN2CCN(C(=O)c3ccc(OC)cc3)CC2)cs1. The molecule has 25 heavy (non-hydrogen) atoms. The second-order valence-corrected chi connectivity index (χ2v) is 7.22. The molecular weight excluding hydrogens is 334 g/mol. The minimum absolute atomic E-state index is 0.0983. The van der Waals surface area contributed by atoms with Gasteiger partial charge in [0.1, 0.15) is 5.75 Å². The summed E-state index contributed by atoms with van der Waals surface area (Å²) < 4.78 is 5.15. The van der Waals surface area contributed by atoms with Crippen LogP contribution in [0.5, 0.6) is 5.75 Å². The van der Waals surface area contributed by atoms with Gasteiger partial charge in [0, 0.05) is 43.7 Å². The van der Waals surface area contributed by atoms with Crippen molar-refractivity contribution in [3.05, 3.63) is 45.9 Å². The largest absolute Gasteiger partial charge is 0.497 e. The Hall–Kier alpha value is -1.92. The second kappa shape index (κ2) is 8.45. The molecule has 6 heteroatoms. The lowest BCUT2D eigenvalue weighted by Crippen LogP contribution is -2.48. The van der Waals surface area contributed by atoms with Crippen molar-refractivity contribution in [2.75, 3.05) is 33.3 Å². The highest BCUT2D eigenvalue weighted by molar-refractivity contribution is 7.09. The Morgan fingerprint density at radius 3 is 2.56 bits per heavy atom. The summed E-state index contributed by atoms with van der Waals surface area (Å²) in [5.41, 5.74) is 1.88. The molecule has 0 unspecified atom stereocenters. The van der Waals surface area contributed by atoms with Crippen LogP contribution in [-0.4, -0.2) is 54.0 Å². The Kier molecular flexibility index (Phi) is 6.04. The van der Waals surface area contributed by atoms with E-state index in [-0.39, 0.29) is 5.91 Å². The van der Waals surface area contributed by atoms with E-state index in [9.17, 15) is 4.79 Å². The molecule has 1 aliphatic heterocycles. The van der Waals surface area contributed by atoms with Crippen LogP contribution >= 0.6 is 11.3 Å². The Morgan fingerprint density at radius 1 is 1.20 bits per heavy atom. The van der Waals surface area contributed by atoms with Gasteiger partial charge in [-0.05, 0) is 37.1 Å². The van der Waals surface area contributed by atoms with Crippen LogP contribution in [0.1, 0.15) is 34.4 Å². The molecule has 134 valence electrons. The monoisotopic (exact) mass is 359 g/mol. The molecule has 5 nitrogen and oxygen atoms in total. The number of carbonyl (C=O) groups is 1. The first-order valence-electron chi connectivity index (χ1n) is 8.78. The lowest BCUT2D eigenvalue weighted by Gasteiger charge is -2.34. The van der Waals surface area contributed by atoms with E-state index in [1.165, 1.54) is 5.01 Å². The molecule has 0 radical (unpaired) electrons. The van der Waals surface area contributed by atoms with Crippen LogP contribution in [0, 0.1) is 0 Å². The van der Waals surface area contributed by atoms with Crippen molar-refractivity contribution in [2.45, 2.75) is 26.3 Å². The molecule has 2 aromatic rings. The van der Waals surface area contributed by atoms with Gasteiger partial charge < -0.3 is 9.64 Å². The number of aromatic nitrogens is 1. The predicted octanol–water partition coefficient (Wildman–Crippen LogP) is 3.06. The number of piperazine rings is 1. The predicted molar refractivity (Wildman–Crippen MR) is 100 cm³/mol. The molecule has 0 saturated carbocycles. The number of hydrogen-bond donors (Lipinski definition) is 0. The van der Waals surface area contributed by atoms with E-state index in [1.807, 2.05) is 29.2 Å². The average Bonchev–Trinajstić information content (AvgIpc) is 3.09. The third kappa shape index (κ3) is 4.58. The Balaban J connectivity index is 1.51. The van der Waals surface area contributed by atoms with Gasteiger partial charge in [-0.15, -0.1) is 11.3 Å². The zero-order valence-electron chi connectivity index (χ0n) is 14.9. The molecule has 1 saturated heterocycles. The topological polar surface area (TPSA) is 45.7 Å². The number of methoxy groups -OCH3 is 1. The number of amides is 1. The van der Waals surface area contributed by atoms with Crippen LogP contribution in [-0.2, 0) is 13.0 Å². The summed E-state index contributed by atoms with van der Waals surface area (Å²) in [7, 11) is 1.63. The molecule has 3 rings (SSSR count). The van der Waals surface area contributed by atoms with E-state index in [2.05, 4.69) is 17.2 Å². The molecular formula is C19H25N3O2S. The number of thiazole rings is 1. The Morgan fingerprint density at radius 2 is 1.92 bits per heavy atom. The highest BCUT2D eigenvalue weighted by Gasteiger charge is 2.22. The maximum absolute atomic E-state index is 12.6. The van der Waals surface area contributed by atoms with E-state index in [0.29, 0.717) is 0 Å². The van der Waals surface area contributed by atoms with Crippen LogP contribution in [0.15, 0.2) is 29.6 Å². The van der Waals surface area contributed by atoms with E-state index < -0.39 is 0 Å². The summed E-state index contributed by atoms with van der Waals surface area (Å²) >= 11 is 1.76. The Labute approximate surface area is 153 Å². The van der Waals surface area contributed by atoms with E-state index in [4.69, 9.17) is 9.72 Å². The maximum atomic E-state index is 12.6. The molecule has 0 N–H and O–H groups in total. The van der Waals surface area contributed by atoms with Gasteiger partial charge in [0.25, 0.3) is 5.91 Å². The maximum Gasteiger partial charge on any atom is 0.253 e. The van der Waals surface area contributed by atoms with Crippen molar-refractivity contribution in [3.63, 3.8) is 0 Å². The molecule has 0 spiro atoms. The number of nitrogens with zero attached hydrogens (tertiary/aromatic N) is 3. The summed E-state index contributed by atoms with van der Waals surface area (Å²) in [6, 6.07) is 7.33. The number of rotatable bonds is 6. The minimum Gasteiger partial charge on any atom is -0.497 e. The van der Waals surface area contributed by atoms with Gasteiger partial charge in [-0.25, -0.2) is 4.98 Å². The van der Waals surface area contributed by atoms with Gasteiger partial charge in [-0.2, -0.15) is 0 Å². The zero-order valence-corrected chi connectivity index (χ0v) is 15.7. The lowest BCUT2D eigenvalue weighted by atomic mass is 10.1. The molecule has 1 aromatic heterocycles. The highest BCUT2D eigenvalue weighted by atomic mass is 32.1. The van der Waals surface area contributed by atoms with Gasteiger partial charge in [0.2, 0.25) is 0 Å². The van der Waals surface area contributed by atoms with Crippen molar-refractivity contribution in [2.24, 2.45) is 0 Å². The number of ether oxygens (including phenoxy) is 1. The van der Waals surface area contributed by atoms with Crippen molar-refractivity contribution in [3.8, 4) is 5.75 Å². The van der Waals surface area contributed by atoms with Crippen molar-refractivity contribution >= 4 is 17.2 Å². The molecule has 0 aliphatic carbocycles. The second-order valence-electron chi connectivity index (χ2n) is 6.28.